The number of benzene rings is 1. The first-order valence-corrected chi connectivity index (χ1v) is 7.94. The number of halogens is 1. The highest BCUT2D eigenvalue weighted by atomic mass is 79.9. The number of hydrogen-bond acceptors (Lipinski definition) is 2. The van der Waals surface area contributed by atoms with Crippen LogP contribution in [0.1, 0.15) is 17.7 Å². The van der Waals surface area contributed by atoms with Gasteiger partial charge in [-0.2, -0.15) is 5.10 Å². The summed E-state index contributed by atoms with van der Waals surface area (Å²) in [5.41, 5.74) is 4.83. The molecule has 0 spiro atoms. The van der Waals surface area contributed by atoms with Gasteiger partial charge in [0.25, 0.3) is 0 Å². The first-order chi connectivity index (χ1) is 9.63. The Morgan fingerprint density at radius 1 is 1.40 bits per heavy atom. The predicted molar refractivity (Wildman–Crippen MR) is 85.8 cm³/mol. The van der Waals surface area contributed by atoms with Gasteiger partial charge in [-0.15, -0.1) is 0 Å². The molecule has 1 unspecified atom stereocenters. The maximum atomic E-state index is 4.68. The minimum Gasteiger partial charge on any atom is -0.316 e. The SMILES string of the molecule is Cc1ccc(-c2cn(CC3CCNC3)nc2C)cc1Br. The minimum absolute atomic E-state index is 0.715. The fourth-order valence-corrected chi connectivity index (χ4v) is 3.17. The van der Waals surface area contributed by atoms with Crippen LogP contribution in [0.5, 0.6) is 0 Å². The fraction of sp³-hybridized carbons (Fsp3) is 0.438. The molecule has 3 rings (SSSR count). The van der Waals surface area contributed by atoms with E-state index in [-0.39, 0.29) is 0 Å². The maximum Gasteiger partial charge on any atom is 0.0672 e. The molecule has 0 bridgehead atoms. The first kappa shape index (κ1) is 13.8. The Morgan fingerprint density at radius 2 is 2.25 bits per heavy atom. The quantitative estimate of drug-likeness (QED) is 0.930. The van der Waals surface area contributed by atoms with E-state index in [0.29, 0.717) is 5.92 Å². The Hall–Kier alpha value is -1.13. The Kier molecular flexibility index (Phi) is 3.94. The van der Waals surface area contributed by atoms with Crippen LogP contribution in [0.4, 0.5) is 0 Å². The average Bonchev–Trinajstić information content (AvgIpc) is 3.03. The summed E-state index contributed by atoms with van der Waals surface area (Å²) in [6.45, 7) is 7.47. The molecule has 3 nitrogen and oxygen atoms in total. The molecular formula is C16H20BrN3. The molecule has 0 aliphatic carbocycles. The number of hydrogen-bond donors (Lipinski definition) is 1. The third-order valence-electron chi connectivity index (χ3n) is 4.04. The average molecular weight is 334 g/mol. The minimum atomic E-state index is 0.715. The molecular weight excluding hydrogens is 314 g/mol. The van der Waals surface area contributed by atoms with Crippen molar-refractivity contribution in [3.8, 4) is 11.1 Å². The van der Waals surface area contributed by atoms with Crippen LogP contribution in [-0.2, 0) is 6.54 Å². The first-order valence-electron chi connectivity index (χ1n) is 7.15. The van der Waals surface area contributed by atoms with Crippen molar-refractivity contribution in [2.45, 2.75) is 26.8 Å². The lowest BCUT2D eigenvalue weighted by Gasteiger charge is -2.07. The van der Waals surface area contributed by atoms with Crippen LogP contribution in [0.15, 0.2) is 28.9 Å². The molecule has 0 radical (unpaired) electrons. The van der Waals surface area contributed by atoms with E-state index in [2.05, 4.69) is 69.3 Å². The lowest BCUT2D eigenvalue weighted by atomic mass is 10.1. The number of aryl methyl sites for hydroxylation is 2. The third-order valence-corrected chi connectivity index (χ3v) is 4.89. The highest BCUT2D eigenvalue weighted by Gasteiger charge is 2.16. The van der Waals surface area contributed by atoms with Crippen LogP contribution < -0.4 is 5.32 Å². The van der Waals surface area contributed by atoms with E-state index in [1.54, 1.807) is 0 Å². The summed E-state index contributed by atoms with van der Waals surface area (Å²) in [6, 6.07) is 6.50. The summed E-state index contributed by atoms with van der Waals surface area (Å²) in [4.78, 5) is 0. The highest BCUT2D eigenvalue weighted by Crippen LogP contribution is 2.28. The summed E-state index contributed by atoms with van der Waals surface area (Å²) in [7, 11) is 0. The van der Waals surface area contributed by atoms with Gasteiger partial charge in [0.05, 0.1) is 5.69 Å². The van der Waals surface area contributed by atoms with Gasteiger partial charge in [-0.1, -0.05) is 28.1 Å². The van der Waals surface area contributed by atoms with Crippen LogP contribution in [0.3, 0.4) is 0 Å². The van der Waals surface area contributed by atoms with E-state index in [1.165, 1.54) is 23.1 Å². The van der Waals surface area contributed by atoms with Gasteiger partial charge >= 0.3 is 0 Å². The third kappa shape index (κ3) is 2.81. The molecule has 4 heteroatoms. The van der Waals surface area contributed by atoms with Gasteiger partial charge in [-0.25, -0.2) is 0 Å². The van der Waals surface area contributed by atoms with Crippen LogP contribution in [0.2, 0.25) is 0 Å². The molecule has 2 heterocycles. The summed E-state index contributed by atoms with van der Waals surface area (Å²) >= 11 is 3.61. The molecule has 1 aromatic heterocycles. The van der Waals surface area contributed by atoms with Crippen LogP contribution in [-0.4, -0.2) is 22.9 Å². The summed E-state index contributed by atoms with van der Waals surface area (Å²) in [6.07, 6.45) is 3.44. The molecule has 0 amide bonds. The van der Waals surface area contributed by atoms with Crippen molar-refractivity contribution in [2.75, 3.05) is 13.1 Å². The van der Waals surface area contributed by atoms with Crippen LogP contribution >= 0.6 is 15.9 Å². The van der Waals surface area contributed by atoms with Gasteiger partial charge in [-0.05, 0) is 56.5 Å². The molecule has 2 aromatic rings. The van der Waals surface area contributed by atoms with E-state index >= 15 is 0 Å². The zero-order valence-electron chi connectivity index (χ0n) is 12.0. The Bertz CT molecular complexity index is 612. The Morgan fingerprint density at radius 3 is 2.95 bits per heavy atom. The molecule has 0 saturated carbocycles. The van der Waals surface area contributed by atoms with Crippen molar-refractivity contribution >= 4 is 15.9 Å². The normalized spacial score (nSPS) is 18.6. The molecule has 1 atom stereocenters. The second-order valence-electron chi connectivity index (χ2n) is 5.67. The van der Waals surface area contributed by atoms with E-state index in [9.17, 15) is 0 Å². The largest absolute Gasteiger partial charge is 0.316 e. The number of rotatable bonds is 3. The zero-order valence-corrected chi connectivity index (χ0v) is 13.6. The van der Waals surface area contributed by atoms with Gasteiger partial charge in [0.15, 0.2) is 0 Å². The Labute approximate surface area is 128 Å². The molecule has 20 heavy (non-hydrogen) atoms. The second-order valence-corrected chi connectivity index (χ2v) is 6.53. The lowest BCUT2D eigenvalue weighted by Crippen LogP contribution is -2.14. The highest BCUT2D eigenvalue weighted by molar-refractivity contribution is 9.10. The number of aromatic nitrogens is 2. The monoisotopic (exact) mass is 333 g/mol. The number of nitrogens with one attached hydrogen (secondary N) is 1. The smallest absolute Gasteiger partial charge is 0.0672 e. The maximum absolute atomic E-state index is 4.68. The van der Waals surface area contributed by atoms with Crippen molar-refractivity contribution in [3.63, 3.8) is 0 Å². The second kappa shape index (κ2) is 5.70. The zero-order chi connectivity index (χ0) is 14.1. The Balaban J connectivity index is 1.85. The topological polar surface area (TPSA) is 29.9 Å². The van der Waals surface area contributed by atoms with Crippen molar-refractivity contribution in [3.05, 3.63) is 40.1 Å². The van der Waals surface area contributed by atoms with Gasteiger partial charge < -0.3 is 5.32 Å². The predicted octanol–water partition coefficient (Wildman–Crippen LogP) is 3.54. The van der Waals surface area contributed by atoms with Crippen molar-refractivity contribution in [2.24, 2.45) is 5.92 Å². The van der Waals surface area contributed by atoms with Gasteiger partial charge in [-0.3, -0.25) is 4.68 Å². The van der Waals surface area contributed by atoms with Gasteiger partial charge in [0, 0.05) is 22.8 Å². The molecule has 1 fully saturated rings. The summed E-state index contributed by atoms with van der Waals surface area (Å²) < 4.78 is 3.26. The van der Waals surface area contributed by atoms with Crippen LogP contribution in [0.25, 0.3) is 11.1 Å². The van der Waals surface area contributed by atoms with Crippen molar-refractivity contribution in [1.82, 2.24) is 15.1 Å². The number of nitrogens with zero attached hydrogens (tertiary/aromatic N) is 2. The summed E-state index contributed by atoms with van der Waals surface area (Å²) in [5.74, 6) is 0.715. The molecule has 1 aromatic carbocycles. The van der Waals surface area contributed by atoms with Crippen molar-refractivity contribution in [1.29, 1.82) is 0 Å². The summed E-state index contributed by atoms with van der Waals surface area (Å²) in [5, 5.41) is 8.09. The van der Waals surface area contributed by atoms with E-state index in [1.807, 2.05) is 0 Å². The van der Waals surface area contributed by atoms with Gasteiger partial charge in [0.2, 0.25) is 0 Å². The van der Waals surface area contributed by atoms with E-state index < -0.39 is 0 Å². The van der Waals surface area contributed by atoms with Crippen LogP contribution in [0, 0.1) is 19.8 Å². The fourth-order valence-electron chi connectivity index (χ4n) is 2.79. The van der Waals surface area contributed by atoms with Gasteiger partial charge in [0.1, 0.15) is 0 Å². The van der Waals surface area contributed by atoms with Crippen molar-refractivity contribution < 1.29 is 0 Å². The standard InChI is InChI=1S/C16H20BrN3/c1-11-3-4-14(7-16(11)17)15-10-20(19-12(15)2)9-13-5-6-18-8-13/h3-4,7,10,13,18H,5-6,8-9H2,1-2H3. The molecule has 106 valence electrons. The molecule has 1 aliphatic rings. The molecule has 1 N–H and O–H groups in total. The molecule has 1 aliphatic heterocycles. The van der Waals surface area contributed by atoms with E-state index in [0.717, 1.165) is 29.8 Å². The van der Waals surface area contributed by atoms with E-state index in [4.69, 9.17) is 0 Å². The molecule has 1 saturated heterocycles. The lowest BCUT2D eigenvalue weighted by molar-refractivity contribution is 0.448.